The molecule has 1 aliphatic heterocycles. The van der Waals surface area contributed by atoms with Crippen molar-refractivity contribution in [1.82, 2.24) is 9.80 Å². The van der Waals surface area contributed by atoms with Crippen LogP contribution in [0.5, 0.6) is 0 Å². The number of rotatable bonds is 7. The van der Waals surface area contributed by atoms with E-state index in [0.29, 0.717) is 0 Å². The summed E-state index contributed by atoms with van der Waals surface area (Å²) in [6.45, 7) is 2.26. The van der Waals surface area contributed by atoms with Crippen molar-refractivity contribution in [2.75, 3.05) is 27.2 Å². The number of carbonyl (C=O) groups is 3. The Bertz CT molecular complexity index is 934. The van der Waals surface area contributed by atoms with Gasteiger partial charge in [0, 0.05) is 27.1 Å². The Morgan fingerprint density at radius 1 is 1.03 bits per heavy atom. The molecule has 0 aliphatic carbocycles. The van der Waals surface area contributed by atoms with Crippen LogP contribution in [0.15, 0.2) is 60.7 Å². The van der Waals surface area contributed by atoms with Crippen molar-refractivity contribution in [2.24, 2.45) is 0 Å². The Morgan fingerprint density at radius 2 is 1.64 bits per heavy atom. The monoisotopic (exact) mass is 454 g/mol. The average molecular weight is 455 g/mol. The number of nitrogens with zero attached hydrogens (tertiary/aromatic N) is 2. The van der Waals surface area contributed by atoms with Crippen LogP contribution < -0.4 is 0 Å². The summed E-state index contributed by atoms with van der Waals surface area (Å²) in [7, 11) is 3.23. The molecule has 8 nitrogen and oxygen atoms in total. The lowest BCUT2D eigenvalue weighted by molar-refractivity contribution is -0.157. The largest absolute Gasteiger partial charge is 0.458 e. The van der Waals surface area contributed by atoms with E-state index in [0.717, 1.165) is 11.1 Å². The number of carbonyl (C=O) groups excluding carboxylic acids is 3. The molecular formula is C25H30N2O6. The van der Waals surface area contributed by atoms with Gasteiger partial charge < -0.3 is 19.1 Å². The summed E-state index contributed by atoms with van der Waals surface area (Å²) in [5, 5.41) is 0. The van der Waals surface area contributed by atoms with Crippen molar-refractivity contribution in [1.29, 1.82) is 0 Å². The molecule has 0 N–H and O–H groups in total. The standard InChI is InChI=1S/C25H30N2O6/c1-18-22(23(28)26(2)3)27(14-15-31-18)25(30)33-21(16-19-10-6-4-7-11-19)24(29)32-17-20-12-8-5-9-13-20/h4-13,18,21-22H,14-17H2,1-3H3/t18?,21-,22?/m0/s1. The number of hydrogen-bond donors (Lipinski definition) is 0. The van der Waals surface area contributed by atoms with Crippen molar-refractivity contribution in [3.05, 3.63) is 71.8 Å². The normalized spacial score (nSPS) is 18.8. The van der Waals surface area contributed by atoms with Crippen LogP contribution in [-0.4, -0.2) is 73.3 Å². The van der Waals surface area contributed by atoms with Gasteiger partial charge in [-0.15, -0.1) is 0 Å². The summed E-state index contributed by atoms with van der Waals surface area (Å²) in [5.74, 6) is -0.918. The molecule has 3 rings (SSSR count). The maximum atomic E-state index is 13.1. The summed E-state index contributed by atoms with van der Waals surface area (Å²) in [5.41, 5.74) is 1.65. The van der Waals surface area contributed by atoms with E-state index in [1.165, 1.54) is 9.80 Å². The molecule has 1 heterocycles. The molecule has 2 aromatic rings. The third kappa shape index (κ3) is 6.55. The molecule has 2 aromatic carbocycles. The van der Waals surface area contributed by atoms with E-state index in [1.54, 1.807) is 21.0 Å². The van der Waals surface area contributed by atoms with Crippen LogP contribution in [-0.2, 0) is 36.8 Å². The lowest BCUT2D eigenvalue weighted by atomic mass is 10.1. The number of likely N-dealkylation sites (N-methyl/N-ethyl adjacent to an activating group) is 1. The smallest absolute Gasteiger partial charge is 0.411 e. The molecule has 0 radical (unpaired) electrons. The van der Waals surface area contributed by atoms with Crippen molar-refractivity contribution in [3.8, 4) is 0 Å². The highest BCUT2D eigenvalue weighted by atomic mass is 16.6. The zero-order valence-electron chi connectivity index (χ0n) is 19.2. The quantitative estimate of drug-likeness (QED) is 0.598. The zero-order chi connectivity index (χ0) is 23.8. The first kappa shape index (κ1) is 24.3. The number of hydrogen-bond acceptors (Lipinski definition) is 6. The first-order valence-corrected chi connectivity index (χ1v) is 10.9. The summed E-state index contributed by atoms with van der Waals surface area (Å²) in [4.78, 5) is 41.5. The van der Waals surface area contributed by atoms with E-state index in [2.05, 4.69) is 0 Å². The van der Waals surface area contributed by atoms with Crippen LogP contribution in [0.2, 0.25) is 0 Å². The predicted octanol–water partition coefficient (Wildman–Crippen LogP) is 2.66. The highest BCUT2D eigenvalue weighted by molar-refractivity contribution is 5.87. The Balaban J connectivity index is 1.75. The Hall–Kier alpha value is -3.39. The number of morpholine rings is 1. The molecule has 3 atom stereocenters. The molecule has 2 amide bonds. The second kappa shape index (κ2) is 11.5. The van der Waals surface area contributed by atoms with Crippen LogP contribution >= 0.6 is 0 Å². The highest BCUT2D eigenvalue weighted by Crippen LogP contribution is 2.19. The minimum Gasteiger partial charge on any atom is -0.458 e. The van der Waals surface area contributed by atoms with Crippen molar-refractivity contribution in [2.45, 2.75) is 38.2 Å². The van der Waals surface area contributed by atoms with Crippen LogP contribution in [0.3, 0.4) is 0 Å². The van der Waals surface area contributed by atoms with Gasteiger partial charge in [0.25, 0.3) is 0 Å². The van der Waals surface area contributed by atoms with Crippen molar-refractivity contribution < 1.29 is 28.6 Å². The van der Waals surface area contributed by atoms with Crippen molar-refractivity contribution >= 4 is 18.0 Å². The molecule has 8 heteroatoms. The summed E-state index contributed by atoms with van der Waals surface area (Å²) in [6.07, 6.45) is -2.24. The fraction of sp³-hybridized carbons (Fsp3) is 0.400. The Labute approximate surface area is 194 Å². The summed E-state index contributed by atoms with van der Waals surface area (Å²) < 4.78 is 16.7. The molecule has 0 spiro atoms. The molecule has 0 aromatic heterocycles. The summed E-state index contributed by atoms with van der Waals surface area (Å²) in [6, 6.07) is 17.7. The SMILES string of the molecule is CC1OCCN(C(=O)O[C@@H](Cc2ccccc2)C(=O)OCc2ccccc2)C1C(=O)N(C)C. The van der Waals surface area contributed by atoms with Crippen LogP contribution in [0, 0.1) is 0 Å². The second-order valence-corrected chi connectivity index (χ2v) is 8.10. The van der Waals surface area contributed by atoms with Gasteiger partial charge in [0.2, 0.25) is 12.0 Å². The van der Waals surface area contributed by atoms with Gasteiger partial charge in [-0.05, 0) is 18.1 Å². The van der Waals surface area contributed by atoms with Crippen molar-refractivity contribution in [3.63, 3.8) is 0 Å². The third-order valence-corrected chi connectivity index (χ3v) is 5.42. The fourth-order valence-corrected chi connectivity index (χ4v) is 3.64. The van der Waals surface area contributed by atoms with Gasteiger partial charge in [0.05, 0.1) is 12.7 Å². The second-order valence-electron chi connectivity index (χ2n) is 8.10. The number of amides is 2. The molecule has 0 saturated carbocycles. The first-order valence-electron chi connectivity index (χ1n) is 10.9. The molecule has 176 valence electrons. The van der Waals surface area contributed by atoms with Gasteiger partial charge in [-0.25, -0.2) is 9.59 Å². The number of ether oxygens (including phenoxy) is 3. The maximum absolute atomic E-state index is 13.1. The van der Waals surface area contributed by atoms with Crippen LogP contribution in [0.4, 0.5) is 4.79 Å². The molecule has 0 bridgehead atoms. The molecule has 2 unspecified atom stereocenters. The van der Waals surface area contributed by atoms with Gasteiger partial charge in [0.15, 0.2) is 0 Å². The minimum absolute atomic E-state index is 0.0683. The Morgan fingerprint density at radius 3 is 2.24 bits per heavy atom. The average Bonchev–Trinajstić information content (AvgIpc) is 2.82. The minimum atomic E-state index is -1.16. The molecule has 1 fully saturated rings. The molecule has 1 aliphatic rings. The molecule has 33 heavy (non-hydrogen) atoms. The van der Waals surface area contributed by atoms with Gasteiger partial charge in [-0.1, -0.05) is 60.7 Å². The van der Waals surface area contributed by atoms with Gasteiger partial charge >= 0.3 is 12.1 Å². The zero-order valence-corrected chi connectivity index (χ0v) is 19.2. The molecular weight excluding hydrogens is 424 g/mol. The molecule has 1 saturated heterocycles. The van der Waals surface area contributed by atoms with Gasteiger partial charge in [0.1, 0.15) is 12.6 Å². The fourth-order valence-electron chi connectivity index (χ4n) is 3.64. The lowest BCUT2D eigenvalue weighted by Gasteiger charge is -2.39. The van der Waals surface area contributed by atoms with E-state index in [9.17, 15) is 14.4 Å². The highest BCUT2D eigenvalue weighted by Gasteiger charge is 2.41. The van der Waals surface area contributed by atoms with E-state index < -0.39 is 30.3 Å². The Kier molecular flexibility index (Phi) is 8.43. The number of esters is 1. The maximum Gasteiger partial charge on any atom is 0.411 e. The lowest BCUT2D eigenvalue weighted by Crippen LogP contribution is -2.59. The van der Waals surface area contributed by atoms with Crippen LogP contribution in [0.25, 0.3) is 0 Å². The third-order valence-electron chi connectivity index (χ3n) is 5.42. The first-order chi connectivity index (χ1) is 15.9. The van der Waals surface area contributed by atoms with E-state index in [-0.39, 0.29) is 32.1 Å². The summed E-state index contributed by atoms with van der Waals surface area (Å²) >= 11 is 0. The van der Waals surface area contributed by atoms with Crippen LogP contribution in [0.1, 0.15) is 18.1 Å². The topological polar surface area (TPSA) is 85.4 Å². The van der Waals surface area contributed by atoms with Gasteiger partial charge in [-0.2, -0.15) is 0 Å². The van der Waals surface area contributed by atoms with E-state index >= 15 is 0 Å². The number of benzene rings is 2. The van der Waals surface area contributed by atoms with E-state index in [4.69, 9.17) is 14.2 Å². The predicted molar refractivity (Wildman–Crippen MR) is 121 cm³/mol. The van der Waals surface area contributed by atoms with E-state index in [1.807, 2.05) is 60.7 Å². The van der Waals surface area contributed by atoms with Gasteiger partial charge in [-0.3, -0.25) is 9.69 Å².